The number of thiophene rings is 1. The number of rotatable bonds is 5. The van der Waals surface area contributed by atoms with Crippen LogP contribution in [0.5, 0.6) is 5.75 Å². The van der Waals surface area contributed by atoms with E-state index in [0.717, 1.165) is 46.6 Å². The summed E-state index contributed by atoms with van der Waals surface area (Å²) in [7, 11) is 1.69. The monoisotopic (exact) mass is 356 g/mol. The van der Waals surface area contributed by atoms with E-state index in [-0.39, 0.29) is 11.6 Å². The van der Waals surface area contributed by atoms with Gasteiger partial charge in [-0.15, -0.1) is 11.3 Å². The van der Waals surface area contributed by atoms with Crippen molar-refractivity contribution in [1.29, 1.82) is 0 Å². The quantitative estimate of drug-likeness (QED) is 0.737. The van der Waals surface area contributed by atoms with Crippen LogP contribution in [-0.2, 0) is 19.4 Å². The molecule has 0 amide bonds. The molecule has 0 aliphatic heterocycles. The van der Waals surface area contributed by atoms with Crippen molar-refractivity contribution in [3.8, 4) is 5.75 Å². The number of aromatic nitrogens is 2. The third-order valence-corrected chi connectivity index (χ3v) is 6.10. The Bertz CT molecular complexity index is 976. The molecule has 1 aromatic carbocycles. The van der Waals surface area contributed by atoms with E-state index in [1.807, 2.05) is 18.2 Å². The van der Waals surface area contributed by atoms with Gasteiger partial charge in [-0.2, -0.15) is 0 Å². The van der Waals surface area contributed by atoms with Gasteiger partial charge in [0, 0.05) is 4.88 Å². The molecule has 0 saturated heterocycles. The number of hydrogen-bond acceptors (Lipinski definition) is 4. The van der Waals surface area contributed by atoms with E-state index in [4.69, 9.17) is 9.72 Å². The molecule has 2 aromatic heterocycles. The Labute approximate surface area is 150 Å². The van der Waals surface area contributed by atoms with Gasteiger partial charge < -0.3 is 15.0 Å². The normalized spacial score (nSPS) is 14.6. The van der Waals surface area contributed by atoms with E-state index in [2.05, 4.69) is 23.3 Å². The van der Waals surface area contributed by atoms with Gasteiger partial charge in [0.15, 0.2) is 5.82 Å². The largest absolute Gasteiger partial charge is 0.496 e. The van der Waals surface area contributed by atoms with Crippen molar-refractivity contribution < 1.29 is 10.1 Å². The molecule has 2 heterocycles. The first-order valence-corrected chi connectivity index (χ1v) is 9.48. The fraction of sp³-hybridized carbons (Fsp3) is 0.368. The van der Waals surface area contributed by atoms with E-state index < -0.39 is 0 Å². The summed E-state index contributed by atoms with van der Waals surface area (Å²) in [4.78, 5) is 22.4. The number of benzene rings is 1. The van der Waals surface area contributed by atoms with E-state index in [1.54, 1.807) is 18.4 Å². The zero-order valence-electron chi connectivity index (χ0n) is 14.5. The lowest BCUT2D eigenvalue weighted by Crippen LogP contribution is -2.83. The average Bonchev–Trinajstić information content (AvgIpc) is 3.20. The minimum Gasteiger partial charge on any atom is -0.496 e. The fourth-order valence-electron chi connectivity index (χ4n) is 3.60. The molecule has 6 heteroatoms. The lowest BCUT2D eigenvalue weighted by Gasteiger charge is -2.14. The van der Waals surface area contributed by atoms with Crippen molar-refractivity contribution in [2.75, 3.05) is 7.11 Å². The molecule has 0 unspecified atom stereocenters. The van der Waals surface area contributed by atoms with Crippen LogP contribution in [0, 0.1) is 0 Å². The third-order valence-electron chi connectivity index (χ3n) is 4.92. The van der Waals surface area contributed by atoms with Crippen LogP contribution in [-0.4, -0.2) is 17.1 Å². The second-order valence-electron chi connectivity index (χ2n) is 6.52. The second-order valence-corrected chi connectivity index (χ2v) is 7.60. The van der Waals surface area contributed by atoms with E-state index in [0.29, 0.717) is 6.54 Å². The van der Waals surface area contributed by atoms with Gasteiger partial charge in [0.25, 0.3) is 5.56 Å². The molecule has 3 aromatic rings. The van der Waals surface area contributed by atoms with Gasteiger partial charge in [0.2, 0.25) is 0 Å². The van der Waals surface area contributed by atoms with Crippen LogP contribution in [0.4, 0.5) is 0 Å². The number of methoxy groups -OCH3 is 1. The molecular weight excluding hydrogens is 334 g/mol. The number of nitrogens with zero attached hydrogens (tertiary/aromatic N) is 1. The highest BCUT2D eigenvalue weighted by molar-refractivity contribution is 7.18. The van der Waals surface area contributed by atoms with Crippen LogP contribution in [0.3, 0.4) is 0 Å². The molecule has 3 N–H and O–H groups in total. The SMILES string of the molecule is COc1ccccc1[C@@H](C)[NH2+]Cc1nc2sc3c(c2c(=O)[nH]1)CCC3. The molecule has 0 saturated carbocycles. The molecule has 4 rings (SSSR count). The maximum Gasteiger partial charge on any atom is 0.260 e. The minimum atomic E-state index is 0.0118. The third kappa shape index (κ3) is 2.96. The molecule has 0 fully saturated rings. The van der Waals surface area contributed by atoms with E-state index >= 15 is 0 Å². The number of para-hydroxylation sites is 1. The first kappa shape index (κ1) is 16.3. The predicted molar refractivity (Wildman–Crippen MR) is 99.3 cm³/mol. The highest BCUT2D eigenvalue weighted by Crippen LogP contribution is 2.34. The van der Waals surface area contributed by atoms with Gasteiger partial charge in [-0.25, -0.2) is 4.98 Å². The highest BCUT2D eigenvalue weighted by Gasteiger charge is 2.21. The minimum absolute atomic E-state index is 0.0118. The van der Waals surface area contributed by atoms with Crippen LogP contribution in [0.1, 0.15) is 41.2 Å². The number of aromatic amines is 1. The predicted octanol–water partition coefficient (Wildman–Crippen LogP) is 2.31. The Morgan fingerprint density at radius 2 is 2.20 bits per heavy atom. The molecular formula is C19H22N3O2S+. The summed E-state index contributed by atoms with van der Waals surface area (Å²) in [6.07, 6.45) is 3.25. The highest BCUT2D eigenvalue weighted by atomic mass is 32.1. The van der Waals surface area contributed by atoms with Crippen LogP contribution in [0.25, 0.3) is 10.2 Å². The summed E-state index contributed by atoms with van der Waals surface area (Å²) < 4.78 is 5.44. The van der Waals surface area contributed by atoms with Gasteiger partial charge >= 0.3 is 0 Å². The van der Waals surface area contributed by atoms with Crippen LogP contribution in [0.2, 0.25) is 0 Å². The summed E-state index contributed by atoms with van der Waals surface area (Å²) in [5.41, 5.74) is 2.38. The summed E-state index contributed by atoms with van der Waals surface area (Å²) in [6, 6.07) is 8.24. The maximum atomic E-state index is 12.5. The van der Waals surface area contributed by atoms with Crippen molar-refractivity contribution >= 4 is 21.6 Å². The second kappa shape index (κ2) is 6.61. The number of ether oxygens (including phenoxy) is 1. The number of nitrogens with two attached hydrogens (primary N) is 1. The summed E-state index contributed by atoms with van der Waals surface area (Å²) in [5.74, 6) is 1.62. The zero-order valence-corrected chi connectivity index (χ0v) is 15.3. The van der Waals surface area contributed by atoms with Crippen molar-refractivity contribution in [3.05, 3.63) is 56.4 Å². The van der Waals surface area contributed by atoms with Crippen LogP contribution < -0.4 is 15.6 Å². The summed E-state index contributed by atoms with van der Waals surface area (Å²) in [6.45, 7) is 2.77. The van der Waals surface area contributed by atoms with Gasteiger partial charge in [-0.3, -0.25) is 4.79 Å². The number of quaternary nitrogens is 1. The number of nitrogens with one attached hydrogen (secondary N) is 1. The topological polar surface area (TPSA) is 71.6 Å². The molecule has 1 atom stereocenters. The van der Waals surface area contributed by atoms with Crippen molar-refractivity contribution in [2.24, 2.45) is 0 Å². The summed E-state index contributed by atoms with van der Waals surface area (Å²) in [5, 5.41) is 2.99. The average molecular weight is 356 g/mol. The van der Waals surface area contributed by atoms with Crippen molar-refractivity contribution in [2.45, 2.75) is 38.8 Å². The Hall–Kier alpha value is -2.18. The molecule has 0 radical (unpaired) electrons. The number of hydrogen-bond donors (Lipinski definition) is 2. The first-order valence-electron chi connectivity index (χ1n) is 8.67. The Morgan fingerprint density at radius 1 is 1.36 bits per heavy atom. The van der Waals surface area contributed by atoms with Crippen molar-refractivity contribution in [3.63, 3.8) is 0 Å². The molecule has 1 aliphatic rings. The Kier molecular flexibility index (Phi) is 4.31. The molecule has 25 heavy (non-hydrogen) atoms. The molecule has 1 aliphatic carbocycles. The van der Waals surface area contributed by atoms with Gasteiger partial charge in [-0.05, 0) is 43.9 Å². The smallest absolute Gasteiger partial charge is 0.260 e. The number of aryl methyl sites for hydroxylation is 2. The van der Waals surface area contributed by atoms with Gasteiger partial charge in [0.1, 0.15) is 23.2 Å². The standard InChI is InChI=1S/C19H21N3O2S/c1-11(12-6-3-4-8-14(12)24-2)20-10-16-21-18(23)17-13-7-5-9-15(13)25-19(17)22-16/h3-4,6,8,11,20H,5,7,9-10H2,1-2H3,(H,21,22,23)/p+1/t11-/m1/s1. The molecule has 0 bridgehead atoms. The number of fused-ring (bicyclic) bond motifs is 3. The molecule has 130 valence electrons. The van der Waals surface area contributed by atoms with Crippen LogP contribution >= 0.6 is 11.3 Å². The van der Waals surface area contributed by atoms with E-state index in [1.165, 1.54) is 10.4 Å². The first-order chi connectivity index (χ1) is 12.2. The molecule has 0 spiro atoms. The van der Waals surface area contributed by atoms with Crippen molar-refractivity contribution in [1.82, 2.24) is 9.97 Å². The Balaban J connectivity index is 1.56. The fourth-order valence-corrected chi connectivity index (χ4v) is 4.88. The van der Waals surface area contributed by atoms with Gasteiger partial charge in [0.05, 0.1) is 18.1 Å². The molecule has 5 nitrogen and oxygen atoms in total. The lowest BCUT2D eigenvalue weighted by molar-refractivity contribution is -0.708. The van der Waals surface area contributed by atoms with E-state index in [9.17, 15) is 4.79 Å². The van der Waals surface area contributed by atoms with Gasteiger partial charge in [-0.1, -0.05) is 12.1 Å². The maximum absolute atomic E-state index is 12.5. The zero-order chi connectivity index (χ0) is 17.4. The lowest BCUT2D eigenvalue weighted by atomic mass is 10.1. The summed E-state index contributed by atoms with van der Waals surface area (Å²) >= 11 is 1.69. The van der Waals surface area contributed by atoms with Crippen LogP contribution in [0.15, 0.2) is 29.1 Å². The number of H-pyrrole nitrogens is 1. The Morgan fingerprint density at radius 3 is 3.04 bits per heavy atom.